The Hall–Kier alpha value is -2.25. The van der Waals surface area contributed by atoms with E-state index in [1.165, 1.54) is 0 Å². The topological polar surface area (TPSA) is 78.4 Å². The minimum Gasteiger partial charge on any atom is -0.480 e. The lowest BCUT2D eigenvalue weighted by atomic mass is 10.1. The van der Waals surface area contributed by atoms with Crippen LogP contribution in [0.25, 0.3) is 0 Å². The number of carbonyl (C=O) groups excluding carboxylic acids is 1. The molecule has 0 spiro atoms. The third kappa shape index (κ3) is 3.62. The molecule has 110 valence electrons. The summed E-state index contributed by atoms with van der Waals surface area (Å²) in [5, 5.41) is 12.9. The van der Waals surface area contributed by atoms with Gasteiger partial charge in [0.15, 0.2) is 17.5 Å². The summed E-state index contributed by atoms with van der Waals surface area (Å²) >= 11 is 0. The Labute approximate surface area is 112 Å². The molecule has 1 unspecified atom stereocenters. The van der Waals surface area contributed by atoms with Crippen molar-refractivity contribution in [2.75, 3.05) is 5.32 Å². The van der Waals surface area contributed by atoms with Gasteiger partial charge in [-0.2, -0.15) is 0 Å². The molecular weight excluding hydrogens is 277 g/mol. The van der Waals surface area contributed by atoms with Crippen LogP contribution in [0, 0.1) is 23.4 Å². The fourth-order valence-electron chi connectivity index (χ4n) is 1.44. The van der Waals surface area contributed by atoms with E-state index in [4.69, 9.17) is 5.11 Å². The van der Waals surface area contributed by atoms with Crippen molar-refractivity contribution in [3.8, 4) is 0 Å². The van der Waals surface area contributed by atoms with Gasteiger partial charge in [0.2, 0.25) is 0 Å². The predicted molar refractivity (Wildman–Crippen MR) is 64.7 cm³/mol. The monoisotopic (exact) mass is 290 g/mol. The molecule has 0 fully saturated rings. The number of nitrogens with one attached hydrogen (secondary N) is 2. The summed E-state index contributed by atoms with van der Waals surface area (Å²) in [7, 11) is 0. The number of aliphatic carboxylic acids is 1. The molecule has 1 atom stereocenters. The van der Waals surface area contributed by atoms with E-state index in [0.717, 1.165) is 6.07 Å². The number of halogens is 3. The Morgan fingerprint density at radius 3 is 2.25 bits per heavy atom. The molecule has 0 aliphatic rings. The van der Waals surface area contributed by atoms with E-state index >= 15 is 0 Å². The van der Waals surface area contributed by atoms with Gasteiger partial charge in [0, 0.05) is 0 Å². The van der Waals surface area contributed by atoms with Gasteiger partial charge >= 0.3 is 12.0 Å². The van der Waals surface area contributed by atoms with Crippen molar-refractivity contribution < 1.29 is 27.9 Å². The van der Waals surface area contributed by atoms with Gasteiger partial charge in [0.1, 0.15) is 6.04 Å². The Kier molecular flexibility index (Phi) is 4.95. The van der Waals surface area contributed by atoms with Gasteiger partial charge in [-0.3, -0.25) is 0 Å². The van der Waals surface area contributed by atoms with E-state index < -0.39 is 47.1 Å². The van der Waals surface area contributed by atoms with Crippen LogP contribution in [-0.4, -0.2) is 23.1 Å². The lowest BCUT2D eigenvalue weighted by Gasteiger charge is -2.18. The third-order valence-electron chi connectivity index (χ3n) is 2.50. The first kappa shape index (κ1) is 15.8. The van der Waals surface area contributed by atoms with Crippen LogP contribution in [0.2, 0.25) is 0 Å². The van der Waals surface area contributed by atoms with Crippen LogP contribution in [0.4, 0.5) is 23.7 Å². The van der Waals surface area contributed by atoms with Gasteiger partial charge in [-0.1, -0.05) is 13.8 Å². The summed E-state index contributed by atoms with van der Waals surface area (Å²) in [5.74, 6) is -6.34. The number of carboxylic acid groups (broad SMARTS) is 1. The number of urea groups is 1. The first-order chi connectivity index (χ1) is 9.23. The molecule has 20 heavy (non-hydrogen) atoms. The number of hydrogen-bond donors (Lipinski definition) is 3. The molecule has 0 aliphatic carbocycles. The largest absolute Gasteiger partial charge is 0.480 e. The second-order valence-corrected chi connectivity index (χ2v) is 4.38. The maximum atomic E-state index is 13.3. The molecule has 0 heterocycles. The highest BCUT2D eigenvalue weighted by Crippen LogP contribution is 2.19. The molecular formula is C12H13F3N2O3. The molecule has 1 rings (SSSR count). The van der Waals surface area contributed by atoms with Gasteiger partial charge in [-0.15, -0.1) is 0 Å². The number of amides is 2. The second-order valence-electron chi connectivity index (χ2n) is 4.38. The lowest BCUT2D eigenvalue weighted by molar-refractivity contribution is -0.140. The van der Waals surface area contributed by atoms with Gasteiger partial charge < -0.3 is 15.7 Å². The lowest BCUT2D eigenvalue weighted by Crippen LogP contribution is -2.46. The molecule has 1 aromatic carbocycles. The highest BCUT2D eigenvalue weighted by atomic mass is 19.2. The summed E-state index contributed by atoms with van der Waals surface area (Å²) in [6, 6.07) is -0.747. The molecule has 5 nitrogen and oxygen atoms in total. The first-order valence-corrected chi connectivity index (χ1v) is 5.67. The van der Waals surface area contributed by atoms with Crippen LogP contribution in [-0.2, 0) is 4.79 Å². The molecule has 1 aromatic rings. The van der Waals surface area contributed by atoms with Crippen LogP contribution in [0.15, 0.2) is 12.1 Å². The van der Waals surface area contributed by atoms with Gasteiger partial charge in [0.05, 0.1) is 5.69 Å². The van der Waals surface area contributed by atoms with Gasteiger partial charge in [-0.25, -0.2) is 22.8 Å². The molecule has 0 saturated heterocycles. The van der Waals surface area contributed by atoms with Crippen molar-refractivity contribution >= 4 is 17.7 Å². The summed E-state index contributed by atoms with van der Waals surface area (Å²) in [6.07, 6.45) is 0. The zero-order valence-corrected chi connectivity index (χ0v) is 10.7. The summed E-state index contributed by atoms with van der Waals surface area (Å²) < 4.78 is 38.9. The van der Waals surface area contributed by atoms with Crippen LogP contribution >= 0.6 is 0 Å². The summed E-state index contributed by atoms with van der Waals surface area (Å²) in [4.78, 5) is 22.4. The van der Waals surface area contributed by atoms with E-state index in [1.54, 1.807) is 13.8 Å². The van der Waals surface area contributed by atoms with Crippen molar-refractivity contribution in [2.45, 2.75) is 19.9 Å². The van der Waals surface area contributed by atoms with E-state index in [9.17, 15) is 22.8 Å². The Bertz CT molecular complexity index is 535. The number of rotatable bonds is 4. The summed E-state index contributed by atoms with van der Waals surface area (Å²) in [6.45, 7) is 3.13. The number of carboxylic acids is 1. The third-order valence-corrected chi connectivity index (χ3v) is 2.50. The molecule has 0 radical (unpaired) electrons. The maximum Gasteiger partial charge on any atom is 0.326 e. The van der Waals surface area contributed by atoms with Crippen LogP contribution in [0.5, 0.6) is 0 Å². The first-order valence-electron chi connectivity index (χ1n) is 5.67. The maximum absolute atomic E-state index is 13.3. The quantitative estimate of drug-likeness (QED) is 0.745. The van der Waals surface area contributed by atoms with E-state index in [1.807, 2.05) is 5.32 Å². The fraction of sp³-hybridized carbons (Fsp3) is 0.333. The van der Waals surface area contributed by atoms with E-state index in [0.29, 0.717) is 6.07 Å². The molecule has 0 saturated carbocycles. The number of benzene rings is 1. The Morgan fingerprint density at radius 1 is 1.15 bits per heavy atom. The normalized spacial score (nSPS) is 12.1. The molecule has 2 amide bonds. The minimum atomic E-state index is -1.72. The average molecular weight is 290 g/mol. The standard InChI is InChI=1S/C12H13F3N2O3/c1-5(2)10(11(18)19)17-12(20)16-7-4-3-6(13)8(14)9(7)15/h3-5,10H,1-2H3,(H,18,19)(H2,16,17,20). The minimum absolute atomic E-state index is 0.409. The van der Waals surface area contributed by atoms with Crippen molar-refractivity contribution in [1.82, 2.24) is 5.32 Å². The van der Waals surface area contributed by atoms with Gasteiger partial charge in [-0.05, 0) is 18.1 Å². The second kappa shape index (κ2) is 6.27. The average Bonchev–Trinajstić information content (AvgIpc) is 2.36. The van der Waals surface area contributed by atoms with Crippen molar-refractivity contribution in [3.05, 3.63) is 29.6 Å². The van der Waals surface area contributed by atoms with Crippen LogP contribution in [0.3, 0.4) is 0 Å². The van der Waals surface area contributed by atoms with Crippen molar-refractivity contribution in [3.63, 3.8) is 0 Å². The molecule has 8 heteroatoms. The fourth-order valence-corrected chi connectivity index (χ4v) is 1.44. The molecule has 0 aromatic heterocycles. The zero-order valence-electron chi connectivity index (χ0n) is 10.7. The smallest absolute Gasteiger partial charge is 0.326 e. The number of carbonyl (C=O) groups is 2. The predicted octanol–water partition coefficient (Wildman–Crippen LogP) is 2.33. The molecule has 0 aliphatic heterocycles. The van der Waals surface area contributed by atoms with Crippen LogP contribution < -0.4 is 10.6 Å². The Balaban J connectivity index is 2.81. The van der Waals surface area contributed by atoms with Gasteiger partial charge in [0.25, 0.3) is 0 Å². The Morgan fingerprint density at radius 2 is 1.75 bits per heavy atom. The molecule has 3 N–H and O–H groups in total. The zero-order chi connectivity index (χ0) is 15.4. The number of hydrogen-bond acceptors (Lipinski definition) is 2. The molecule has 0 bridgehead atoms. The highest BCUT2D eigenvalue weighted by Gasteiger charge is 2.24. The SMILES string of the molecule is CC(C)C(NC(=O)Nc1ccc(F)c(F)c1F)C(=O)O. The van der Waals surface area contributed by atoms with Crippen molar-refractivity contribution in [1.29, 1.82) is 0 Å². The van der Waals surface area contributed by atoms with Crippen molar-refractivity contribution in [2.24, 2.45) is 5.92 Å². The van der Waals surface area contributed by atoms with E-state index in [-0.39, 0.29) is 0 Å². The highest BCUT2D eigenvalue weighted by molar-refractivity contribution is 5.92. The summed E-state index contributed by atoms with van der Waals surface area (Å²) in [5.41, 5.74) is -0.589. The van der Waals surface area contributed by atoms with Crippen LogP contribution in [0.1, 0.15) is 13.8 Å². The number of anilines is 1. The van der Waals surface area contributed by atoms with E-state index in [2.05, 4.69) is 5.32 Å².